The van der Waals surface area contributed by atoms with Crippen LogP contribution < -0.4 is 5.69 Å². The van der Waals surface area contributed by atoms with Gasteiger partial charge in [0.05, 0.1) is 5.69 Å². The highest BCUT2D eigenvalue weighted by Crippen LogP contribution is 2.27. The average molecular weight is 328 g/mol. The number of hydrogen-bond acceptors (Lipinski definition) is 3. The van der Waals surface area contributed by atoms with E-state index in [0.29, 0.717) is 12.4 Å². The molecule has 0 bridgehead atoms. The van der Waals surface area contributed by atoms with Crippen LogP contribution >= 0.6 is 0 Å². The van der Waals surface area contributed by atoms with Gasteiger partial charge in [0.15, 0.2) is 0 Å². The van der Waals surface area contributed by atoms with E-state index in [0.717, 1.165) is 25.1 Å². The van der Waals surface area contributed by atoms with Gasteiger partial charge in [0.1, 0.15) is 5.82 Å². The molecule has 1 atom stereocenters. The summed E-state index contributed by atoms with van der Waals surface area (Å²) in [5, 5.41) is 4.47. The second-order valence-electron chi connectivity index (χ2n) is 7.40. The van der Waals surface area contributed by atoms with Crippen molar-refractivity contribution >= 4 is 5.91 Å². The average Bonchev–Trinajstić information content (AvgIpc) is 2.96. The Morgan fingerprint density at radius 1 is 1.25 bits per heavy atom. The van der Waals surface area contributed by atoms with Crippen LogP contribution in [0.1, 0.15) is 45.4 Å². The molecule has 0 radical (unpaired) electrons. The molecule has 6 nitrogen and oxygen atoms in total. The minimum Gasteiger partial charge on any atom is -0.342 e. The normalized spacial score (nSPS) is 18.6. The van der Waals surface area contributed by atoms with E-state index in [4.69, 9.17) is 0 Å². The van der Waals surface area contributed by atoms with E-state index in [1.165, 1.54) is 4.68 Å². The number of nitrogens with one attached hydrogen (secondary N) is 1. The summed E-state index contributed by atoms with van der Waals surface area (Å²) >= 11 is 0. The number of nitrogens with zero attached hydrogens (tertiary/aromatic N) is 3. The Balaban J connectivity index is 1.82. The zero-order valence-electron chi connectivity index (χ0n) is 14.5. The molecule has 0 aliphatic carbocycles. The monoisotopic (exact) mass is 328 g/mol. The molecule has 1 aromatic carbocycles. The third-order valence-corrected chi connectivity index (χ3v) is 4.37. The number of aromatic nitrogens is 3. The lowest BCUT2D eigenvalue weighted by atomic mass is 9.91. The van der Waals surface area contributed by atoms with Gasteiger partial charge in [0.25, 0.3) is 0 Å². The Bertz CT molecular complexity index is 770. The second-order valence-corrected chi connectivity index (χ2v) is 7.40. The lowest BCUT2D eigenvalue weighted by Gasteiger charge is -2.35. The summed E-state index contributed by atoms with van der Waals surface area (Å²) in [6, 6.07) is 9.35. The molecule has 1 aromatic heterocycles. The lowest BCUT2D eigenvalue weighted by Crippen LogP contribution is -2.44. The van der Waals surface area contributed by atoms with Gasteiger partial charge in [-0.05, 0) is 25.0 Å². The van der Waals surface area contributed by atoms with E-state index in [9.17, 15) is 9.59 Å². The van der Waals surface area contributed by atoms with Crippen molar-refractivity contribution in [1.29, 1.82) is 0 Å². The minimum absolute atomic E-state index is 0.0720. The Kier molecular flexibility index (Phi) is 4.30. The van der Waals surface area contributed by atoms with Crippen LogP contribution in [-0.4, -0.2) is 38.7 Å². The predicted molar refractivity (Wildman–Crippen MR) is 92.2 cm³/mol. The number of benzene rings is 1. The van der Waals surface area contributed by atoms with Crippen LogP contribution in [0.15, 0.2) is 35.1 Å². The molecule has 0 saturated carbocycles. The predicted octanol–water partition coefficient (Wildman–Crippen LogP) is 2.31. The first-order valence-electron chi connectivity index (χ1n) is 8.40. The summed E-state index contributed by atoms with van der Waals surface area (Å²) in [4.78, 5) is 29.5. The van der Waals surface area contributed by atoms with Crippen LogP contribution in [0.25, 0.3) is 5.69 Å². The van der Waals surface area contributed by atoms with Gasteiger partial charge in [-0.3, -0.25) is 9.78 Å². The number of hydrogen-bond donors (Lipinski definition) is 1. The number of aromatic amines is 1. The number of rotatable bonds is 2. The number of piperidine rings is 1. The van der Waals surface area contributed by atoms with Crippen molar-refractivity contribution in [3.05, 3.63) is 46.6 Å². The first-order chi connectivity index (χ1) is 11.4. The van der Waals surface area contributed by atoms with Crippen LogP contribution in [0.2, 0.25) is 0 Å². The van der Waals surface area contributed by atoms with Gasteiger partial charge in [0, 0.05) is 24.4 Å². The molecule has 24 heavy (non-hydrogen) atoms. The number of carbonyl (C=O) groups is 1. The third kappa shape index (κ3) is 3.27. The Morgan fingerprint density at radius 3 is 2.62 bits per heavy atom. The van der Waals surface area contributed by atoms with Crippen molar-refractivity contribution in [1.82, 2.24) is 19.7 Å². The summed E-state index contributed by atoms with van der Waals surface area (Å²) in [6.45, 7) is 7.19. The van der Waals surface area contributed by atoms with Gasteiger partial charge >= 0.3 is 5.69 Å². The second kappa shape index (κ2) is 6.26. The Labute approximate surface area is 141 Å². The maximum absolute atomic E-state index is 12.5. The van der Waals surface area contributed by atoms with E-state index in [2.05, 4.69) is 10.1 Å². The van der Waals surface area contributed by atoms with Crippen molar-refractivity contribution in [2.45, 2.75) is 39.5 Å². The van der Waals surface area contributed by atoms with Crippen LogP contribution in [-0.2, 0) is 4.79 Å². The molecule has 1 aliphatic rings. The molecule has 1 amide bonds. The van der Waals surface area contributed by atoms with Gasteiger partial charge in [0.2, 0.25) is 5.91 Å². The maximum Gasteiger partial charge on any atom is 0.348 e. The molecule has 2 heterocycles. The van der Waals surface area contributed by atoms with Crippen molar-refractivity contribution in [3.8, 4) is 5.69 Å². The van der Waals surface area contributed by atoms with E-state index in [-0.39, 0.29) is 17.5 Å². The van der Waals surface area contributed by atoms with Gasteiger partial charge in [-0.1, -0.05) is 39.0 Å². The molecule has 2 aromatic rings. The first kappa shape index (κ1) is 16.5. The molecule has 128 valence electrons. The molecule has 1 fully saturated rings. The molecular formula is C18H24N4O2. The molecule has 0 spiro atoms. The van der Waals surface area contributed by atoms with E-state index >= 15 is 0 Å². The highest BCUT2D eigenvalue weighted by molar-refractivity contribution is 5.81. The van der Waals surface area contributed by atoms with Gasteiger partial charge < -0.3 is 4.90 Å². The number of carbonyl (C=O) groups excluding carboxylic acids is 1. The summed E-state index contributed by atoms with van der Waals surface area (Å²) in [5.74, 6) is 0.884. The topological polar surface area (TPSA) is 71.0 Å². The Morgan fingerprint density at radius 2 is 1.96 bits per heavy atom. The highest BCUT2D eigenvalue weighted by Gasteiger charge is 2.32. The van der Waals surface area contributed by atoms with Crippen LogP contribution in [0, 0.1) is 5.41 Å². The fraction of sp³-hybridized carbons (Fsp3) is 0.500. The molecule has 1 saturated heterocycles. The standard InChI is InChI=1S/C18H24N4O2/c1-18(2,3)16(23)21-11-7-8-13(12-21)15-19-17(24)22(20-15)14-9-5-4-6-10-14/h4-6,9-10,13H,7-8,11-12H2,1-3H3,(H,19,20,24). The summed E-state index contributed by atoms with van der Waals surface area (Å²) < 4.78 is 1.39. The number of H-pyrrole nitrogens is 1. The molecule has 6 heteroatoms. The van der Waals surface area contributed by atoms with Gasteiger partial charge in [-0.25, -0.2) is 4.79 Å². The van der Waals surface area contributed by atoms with Gasteiger partial charge in [-0.2, -0.15) is 4.68 Å². The summed E-state index contributed by atoms with van der Waals surface area (Å²) in [5.41, 5.74) is 0.109. The largest absolute Gasteiger partial charge is 0.348 e. The van der Waals surface area contributed by atoms with Crippen molar-refractivity contribution < 1.29 is 4.79 Å². The molecule has 3 rings (SSSR count). The highest BCUT2D eigenvalue weighted by atomic mass is 16.2. The van der Waals surface area contributed by atoms with Crippen molar-refractivity contribution in [3.63, 3.8) is 0 Å². The van der Waals surface area contributed by atoms with Crippen molar-refractivity contribution in [2.75, 3.05) is 13.1 Å². The van der Waals surface area contributed by atoms with E-state index < -0.39 is 5.41 Å². The SMILES string of the molecule is CC(C)(C)C(=O)N1CCCC(c2nn(-c3ccccc3)c(=O)[nH]2)C1. The van der Waals surface area contributed by atoms with Crippen LogP contribution in [0.3, 0.4) is 0 Å². The minimum atomic E-state index is -0.390. The number of para-hydroxylation sites is 1. The third-order valence-electron chi connectivity index (χ3n) is 4.37. The smallest absolute Gasteiger partial charge is 0.342 e. The number of amides is 1. The van der Waals surface area contributed by atoms with Gasteiger partial charge in [-0.15, -0.1) is 5.10 Å². The first-order valence-corrected chi connectivity index (χ1v) is 8.40. The maximum atomic E-state index is 12.5. The quantitative estimate of drug-likeness (QED) is 0.919. The Hall–Kier alpha value is -2.37. The zero-order valence-corrected chi connectivity index (χ0v) is 14.5. The molecule has 1 aliphatic heterocycles. The lowest BCUT2D eigenvalue weighted by molar-refractivity contribution is -0.140. The van der Waals surface area contributed by atoms with E-state index in [1.807, 2.05) is 56.0 Å². The zero-order chi connectivity index (χ0) is 17.3. The van der Waals surface area contributed by atoms with Crippen LogP contribution in [0.5, 0.6) is 0 Å². The van der Waals surface area contributed by atoms with Crippen LogP contribution in [0.4, 0.5) is 0 Å². The fourth-order valence-corrected chi connectivity index (χ4v) is 3.13. The summed E-state index contributed by atoms with van der Waals surface area (Å²) in [7, 11) is 0. The van der Waals surface area contributed by atoms with Crippen molar-refractivity contribution in [2.24, 2.45) is 5.41 Å². The number of likely N-dealkylation sites (tertiary alicyclic amines) is 1. The fourth-order valence-electron chi connectivity index (χ4n) is 3.13. The molecular weight excluding hydrogens is 304 g/mol. The van der Waals surface area contributed by atoms with E-state index in [1.54, 1.807) is 0 Å². The molecule has 1 N–H and O–H groups in total. The molecule has 1 unspecified atom stereocenters. The summed E-state index contributed by atoms with van der Waals surface area (Å²) in [6.07, 6.45) is 1.85.